The highest BCUT2D eigenvalue weighted by atomic mass is 32.2. The lowest BCUT2D eigenvalue weighted by molar-refractivity contribution is -0.137. The van der Waals surface area contributed by atoms with Crippen LogP contribution >= 0.6 is 0 Å². The maximum absolute atomic E-state index is 12.9. The Labute approximate surface area is 223 Å². The number of carbonyl (C=O) groups is 2. The third-order valence-corrected chi connectivity index (χ3v) is 8.09. The Morgan fingerprint density at radius 2 is 1.76 bits per heavy atom. The van der Waals surface area contributed by atoms with Crippen molar-refractivity contribution in [3.63, 3.8) is 0 Å². The number of unbranched alkanes of at least 4 members (excludes halogenated alkanes) is 4. The number of hydrogen-bond acceptors (Lipinski definition) is 6. The van der Waals surface area contributed by atoms with E-state index < -0.39 is 16.0 Å². The number of aryl methyl sites for hydroxylation is 1. The molecule has 3 N–H and O–H groups in total. The number of aromatic nitrogens is 1. The number of hydrogen-bond donors (Lipinski definition) is 3. The number of nitrogens with zero attached hydrogens (tertiary/aromatic N) is 1. The van der Waals surface area contributed by atoms with Gasteiger partial charge in [-0.25, -0.2) is 18.1 Å². The van der Waals surface area contributed by atoms with Crippen molar-refractivity contribution in [3.8, 4) is 11.3 Å². The topological polar surface area (TPSA) is 139 Å². The van der Waals surface area contributed by atoms with Crippen LogP contribution in [0, 0.1) is 6.92 Å². The maximum Gasteiger partial charge on any atom is 0.303 e. The average Bonchev–Trinajstić information content (AvgIpc) is 3.65. The number of furan rings is 1. The van der Waals surface area contributed by atoms with Crippen molar-refractivity contribution >= 4 is 33.0 Å². The molecule has 0 saturated heterocycles. The first-order valence-corrected chi connectivity index (χ1v) is 14.8. The van der Waals surface area contributed by atoms with Crippen molar-refractivity contribution in [3.05, 3.63) is 52.7 Å². The first kappa shape index (κ1) is 27.8. The smallest absolute Gasteiger partial charge is 0.303 e. The molecule has 204 valence electrons. The first-order valence-electron chi connectivity index (χ1n) is 13.1. The van der Waals surface area contributed by atoms with Crippen molar-refractivity contribution in [1.29, 1.82) is 0 Å². The van der Waals surface area contributed by atoms with Gasteiger partial charge in [0, 0.05) is 25.6 Å². The van der Waals surface area contributed by atoms with Crippen LogP contribution in [0.2, 0.25) is 0 Å². The fraction of sp³-hybridized carbons (Fsp3) is 0.464. The van der Waals surface area contributed by atoms with E-state index in [2.05, 4.69) is 15.0 Å². The van der Waals surface area contributed by atoms with Crippen LogP contribution in [0.4, 0.5) is 0 Å². The molecule has 1 aromatic carbocycles. The van der Waals surface area contributed by atoms with E-state index in [1.165, 1.54) is 0 Å². The molecule has 2 heterocycles. The van der Waals surface area contributed by atoms with Crippen molar-refractivity contribution in [2.24, 2.45) is 0 Å². The van der Waals surface area contributed by atoms with Gasteiger partial charge in [0.15, 0.2) is 0 Å². The Bertz CT molecular complexity index is 1410. The molecule has 0 radical (unpaired) electrons. The summed E-state index contributed by atoms with van der Waals surface area (Å²) in [6.45, 7) is 2.30. The van der Waals surface area contributed by atoms with Gasteiger partial charge in [0.2, 0.25) is 15.7 Å². The minimum Gasteiger partial charge on any atom is -0.481 e. The maximum atomic E-state index is 12.9. The van der Waals surface area contributed by atoms with E-state index in [1.807, 2.05) is 37.3 Å². The molecule has 0 bridgehead atoms. The van der Waals surface area contributed by atoms with Gasteiger partial charge in [0.1, 0.15) is 11.5 Å². The molecule has 10 heteroatoms. The van der Waals surface area contributed by atoms with E-state index >= 15 is 0 Å². The van der Waals surface area contributed by atoms with Gasteiger partial charge in [-0.2, -0.15) is 0 Å². The highest BCUT2D eigenvalue weighted by Gasteiger charge is 2.31. The van der Waals surface area contributed by atoms with Crippen LogP contribution in [0.5, 0.6) is 0 Å². The van der Waals surface area contributed by atoms with E-state index in [-0.39, 0.29) is 29.7 Å². The molecule has 3 aromatic rings. The number of carboxylic acids is 1. The molecule has 0 aliphatic heterocycles. The van der Waals surface area contributed by atoms with Gasteiger partial charge < -0.3 is 14.8 Å². The number of carbonyl (C=O) groups excluding carboxylic acids is 1. The molecular weight excluding hydrogens is 506 g/mol. The lowest BCUT2D eigenvalue weighted by atomic mass is 10.0. The van der Waals surface area contributed by atoms with E-state index in [1.54, 1.807) is 7.05 Å². The highest BCUT2D eigenvalue weighted by Crippen LogP contribution is 2.44. The monoisotopic (exact) mass is 541 g/mol. The molecule has 38 heavy (non-hydrogen) atoms. The lowest BCUT2D eigenvalue weighted by Crippen LogP contribution is -2.27. The molecule has 1 fully saturated rings. The fourth-order valence-electron chi connectivity index (χ4n) is 4.59. The van der Waals surface area contributed by atoms with Gasteiger partial charge in [-0.1, -0.05) is 49.1 Å². The van der Waals surface area contributed by atoms with Crippen molar-refractivity contribution in [2.45, 2.75) is 70.0 Å². The first-order chi connectivity index (χ1) is 18.2. The molecule has 0 atom stereocenters. The number of carboxylic acid groups (broad SMARTS) is 1. The van der Waals surface area contributed by atoms with Gasteiger partial charge in [-0.3, -0.25) is 9.59 Å². The second-order valence-corrected chi connectivity index (χ2v) is 11.8. The third-order valence-electron chi connectivity index (χ3n) is 6.80. The Kier molecular flexibility index (Phi) is 8.83. The molecule has 4 rings (SSSR count). The zero-order valence-electron chi connectivity index (χ0n) is 21.9. The van der Waals surface area contributed by atoms with Gasteiger partial charge in [-0.05, 0) is 50.2 Å². The standard InChI is InChI=1S/C28H35N3O6S/c1-18-9-11-20(12-10-18)26-25(27(34)29-2)22-16-21(19-13-14-19)23(31-28(22)37-26)17-38(35,36)30-15-7-5-3-4-6-8-24(32)33/h9-12,16,19,30H,3-8,13-15,17H2,1-2H3,(H,29,34)(H,32,33). The number of fused-ring (bicyclic) bond motifs is 1. The van der Waals surface area contributed by atoms with E-state index in [0.717, 1.165) is 48.8 Å². The SMILES string of the molecule is CNC(=O)c1c(-c2ccc(C)cc2)oc2nc(CS(=O)(=O)NCCCCCCCC(=O)O)c(C3CC3)cc12. The summed E-state index contributed by atoms with van der Waals surface area (Å²) in [4.78, 5) is 28.1. The summed E-state index contributed by atoms with van der Waals surface area (Å²) in [7, 11) is -2.07. The largest absolute Gasteiger partial charge is 0.481 e. The molecule has 0 unspecified atom stereocenters. The van der Waals surface area contributed by atoms with Crippen molar-refractivity contribution in [2.75, 3.05) is 13.6 Å². The van der Waals surface area contributed by atoms with Crippen LogP contribution in [0.1, 0.15) is 84.5 Å². The number of pyridine rings is 1. The number of rotatable bonds is 14. The molecule has 1 aliphatic rings. The molecule has 0 spiro atoms. The van der Waals surface area contributed by atoms with Crippen LogP contribution in [-0.2, 0) is 20.6 Å². The zero-order chi connectivity index (χ0) is 27.3. The molecule has 1 amide bonds. The summed E-state index contributed by atoms with van der Waals surface area (Å²) >= 11 is 0. The number of aliphatic carboxylic acids is 1. The molecule has 1 aliphatic carbocycles. The summed E-state index contributed by atoms with van der Waals surface area (Å²) in [6.07, 6.45) is 5.91. The number of sulfonamides is 1. The zero-order valence-corrected chi connectivity index (χ0v) is 22.7. The van der Waals surface area contributed by atoms with Gasteiger partial charge in [0.05, 0.1) is 16.6 Å². The summed E-state index contributed by atoms with van der Waals surface area (Å²) in [5.41, 5.74) is 3.78. The third kappa shape index (κ3) is 6.99. The lowest BCUT2D eigenvalue weighted by Gasteiger charge is -2.10. The second kappa shape index (κ2) is 12.1. The molecular formula is C28H35N3O6S. The Morgan fingerprint density at radius 3 is 2.42 bits per heavy atom. The Morgan fingerprint density at radius 1 is 1.08 bits per heavy atom. The number of nitrogens with one attached hydrogen (secondary N) is 2. The van der Waals surface area contributed by atoms with Crippen molar-refractivity contribution in [1.82, 2.24) is 15.0 Å². The molecule has 2 aromatic heterocycles. The van der Waals surface area contributed by atoms with E-state index in [0.29, 0.717) is 41.8 Å². The van der Waals surface area contributed by atoms with E-state index in [4.69, 9.17) is 9.52 Å². The van der Waals surface area contributed by atoms with Gasteiger partial charge in [0.25, 0.3) is 5.91 Å². The fourth-order valence-corrected chi connectivity index (χ4v) is 5.74. The van der Waals surface area contributed by atoms with Crippen LogP contribution in [0.25, 0.3) is 22.4 Å². The number of benzene rings is 1. The summed E-state index contributed by atoms with van der Waals surface area (Å²) < 4.78 is 34.6. The van der Waals surface area contributed by atoms with Crippen LogP contribution in [-0.4, -0.2) is 44.0 Å². The Hall–Kier alpha value is -3.24. The Balaban J connectivity index is 1.53. The molecule has 1 saturated carbocycles. The minimum atomic E-state index is -3.63. The van der Waals surface area contributed by atoms with Gasteiger partial charge >= 0.3 is 5.97 Å². The number of amides is 1. The summed E-state index contributed by atoms with van der Waals surface area (Å²) in [5, 5.41) is 12.0. The highest BCUT2D eigenvalue weighted by molar-refractivity contribution is 7.88. The van der Waals surface area contributed by atoms with Gasteiger partial charge in [-0.15, -0.1) is 0 Å². The van der Waals surface area contributed by atoms with Crippen LogP contribution < -0.4 is 10.0 Å². The predicted octanol–water partition coefficient (Wildman–Crippen LogP) is 4.88. The second-order valence-electron chi connectivity index (χ2n) is 9.97. The summed E-state index contributed by atoms with van der Waals surface area (Å²) in [5.74, 6) is -0.703. The minimum absolute atomic E-state index is 0.167. The predicted molar refractivity (Wildman–Crippen MR) is 146 cm³/mol. The summed E-state index contributed by atoms with van der Waals surface area (Å²) in [6, 6.07) is 9.55. The van der Waals surface area contributed by atoms with Crippen molar-refractivity contribution < 1.29 is 27.5 Å². The van der Waals surface area contributed by atoms with E-state index in [9.17, 15) is 18.0 Å². The molecule has 9 nitrogen and oxygen atoms in total. The van der Waals surface area contributed by atoms with Crippen LogP contribution in [0.3, 0.4) is 0 Å². The average molecular weight is 542 g/mol. The quantitative estimate of drug-likeness (QED) is 0.247. The normalized spacial score (nSPS) is 13.6. The van der Waals surface area contributed by atoms with Crippen LogP contribution in [0.15, 0.2) is 34.7 Å².